The van der Waals surface area contributed by atoms with Crippen molar-refractivity contribution in [2.24, 2.45) is 12.8 Å². The fraction of sp³-hybridized carbons (Fsp3) is 0.333. The smallest absolute Gasteiger partial charge is 0.270 e. The van der Waals surface area contributed by atoms with Crippen molar-refractivity contribution in [3.05, 3.63) is 74.5 Å². The zero-order valence-corrected chi connectivity index (χ0v) is 21.3. The molecule has 10 heteroatoms. The Morgan fingerprint density at radius 2 is 1.76 bits per heavy atom. The summed E-state index contributed by atoms with van der Waals surface area (Å²) in [6, 6.07) is 15.7. The minimum atomic E-state index is -0.212. The number of hydrogen-bond donors (Lipinski definition) is 2. The average molecular weight is 520 g/mol. The molecule has 0 amide bonds. The van der Waals surface area contributed by atoms with Gasteiger partial charge in [0.1, 0.15) is 10.7 Å². The van der Waals surface area contributed by atoms with E-state index in [4.69, 9.17) is 34.7 Å². The second kappa shape index (κ2) is 11.0. The number of halogens is 2. The Hall–Kier alpha value is -2.23. The molecular weight excluding hydrogens is 491 g/mol. The number of piperazine rings is 1. The Labute approximate surface area is 213 Å². The number of nitrogens with zero attached hydrogens (tertiary/aromatic N) is 4. The molecule has 0 saturated carbocycles. The fourth-order valence-corrected chi connectivity index (χ4v) is 5.49. The van der Waals surface area contributed by atoms with Crippen molar-refractivity contribution in [3.63, 3.8) is 0 Å². The molecule has 3 aromatic rings. The maximum absolute atomic E-state index is 13.1. The van der Waals surface area contributed by atoms with Crippen molar-refractivity contribution < 1.29 is 0 Å². The summed E-state index contributed by atoms with van der Waals surface area (Å²) in [5, 5.41) is 0.814. The lowest BCUT2D eigenvalue weighted by Gasteiger charge is -2.37. The Morgan fingerprint density at radius 3 is 2.47 bits per heavy atom. The Morgan fingerprint density at radius 1 is 1.06 bits per heavy atom. The predicted molar refractivity (Wildman–Crippen MR) is 141 cm³/mol. The van der Waals surface area contributed by atoms with Crippen molar-refractivity contribution in [2.75, 3.05) is 43.4 Å². The van der Waals surface area contributed by atoms with E-state index >= 15 is 0 Å². The van der Waals surface area contributed by atoms with Gasteiger partial charge < -0.3 is 16.4 Å². The van der Waals surface area contributed by atoms with Crippen LogP contribution in [0.25, 0.3) is 0 Å². The van der Waals surface area contributed by atoms with E-state index in [9.17, 15) is 4.79 Å². The average Bonchev–Trinajstić information content (AvgIpc) is 2.83. The van der Waals surface area contributed by atoms with Gasteiger partial charge in [-0.05, 0) is 24.1 Å². The molecule has 1 fully saturated rings. The lowest BCUT2D eigenvalue weighted by Crippen LogP contribution is -2.51. The number of nitrogen functional groups attached to an aromatic ring is 1. The molecule has 4 rings (SSSR count). The van der Waals surface area contributed by atoms with Crippen molar-refractivity contribution in [2.45, 2.75) is 22.3 Å². The van der Waals surface area contributed by atoms with E-state index in [1.54, 1.807) is 29.8 Å². The lowest BCUT2D eigenvalue weighted by atomic mass is 10.1. The highest BCUT2D eigenvalue weighted by atomic mass is 35.5. The number of hydrogen-bond acceptors (Lipinski definition) is 7. The van der Waals surface area contributed by atoms with Crippen LogP contribution in [0.5, 0.6) is 0 Å². The summed E-state index contributed by atoms with van der Waals surface area (Å²) in [5.74, 6) is 0.753. The molecule has 1 saturated heterocycles. The first-order valence-corrected chi connectivity index (χ1v) is 12.7. The van der Waals surface area contributed by atoms with E-state index in [-0.39, 0.29) is 17.4 Å². The summed E-state index contributed by atoms with van der Waals surface area (Å²) < 4.78 is 1.55. The van der Waals surface area contributed by atoms with Crippen LogP contribution in [0, 0.1) is 0 Å². The van der Waals surface area contributed by atoms with Gasteiger partial charge in [-0.1, -0.05) is 71.4 Å². The fourth-order valence-electron chi connectivity index (χ4n) is 4.08. The van der Waals surface area contributed by atoms with Crippen LogP contribution in [-0.2, 0) is 13.5 Å². The Kier molecular flexibility index (Phi) is 8.06. The number of anilines is 2. The first-order valence-electron chi connectivity index (χ1n) is 11.1. The van der Waals surface area contributed by atoms with Crippen molar-refractivity contribution in [1.82, 2.24) is 14.5 Å². The molecule has 0 bridgehead atoms. The van der Waals surface area contributed by atoms with Crippen molar-refractivity contribution >= 4 is 46.7 Å². The third-order valence-electron chi connectivity index (χ3n) is 5.87. The Bertz CT molecular complexity index is 1200. The van der Waals surface area contributed by atoms with E-state index in [1.165, 1.54) is 17.3 Å². The molecule has 1 aliphatic heterocycles. The summed E-state index contributed by atoms with van der Waals surface area (Å²) in [5.41, 5.74) is 13.7. The van der Waals surface area contributed by atoms with E-state index in [0.29, 0.717) is 25.8 Å². The molecule has 180 valence electrons. The van der Waals surface area contributed by atoms with Gasteiger partial charge in [0.05, 0.1) is 10.0 Å². The Balaban J connectivity index is 1.41. The van der Waals surface area contributed by atoms with Crippen LogP contribution in [0.4, 0.5) is 11.8 Å². The molecule has 2 aromatic carbocycles. The molecule has 0 unspecified atom stereocenters. The van der Waals surface area contributed by atoms with Crippen LogP contribution >= 0.6 is 35.0 Å². The van der Waals surface area contributed by atoms with Crippen LogP contribution in [0.3, 0.4) is 0 Å². The quantitative estimate of drug-likeness (QED) is 0.494. The highest BCUT2D eigenvalue weighted by Gasteiger charge is 2.24. The molecule has 2 heterocycles. The van der Waals surface area contributed by atoms with Crippen LogP contribution in [0.15, 0.2) is 63.1 Å². The monoisotopic (exact) mass is 518 g/mol. The topological polar surface area (TPSA) is 93.4 Å². The van der Waals surface area contributed by atoms with E-state index in [2.05, 4.69) is 26.9 Å². The normalized spacial score (nSPS) is 15.5. The summed E-state index contributed by atoms with van der Waals surface area (Å²) in [4.78, 5) is 23.2. The molecule has 1 atom stereocenters. The maximum Gasteiger partial charge on any atom is 0.270 e. The highest BCUT2D eigenvalue weighted by molar-refractivity contribution is 7.99. The summed E-state index contributed by atoms with van der Waals surface area (Å²) in [6.07, 6.45) is 0.851. The standard InChI is InChI=1S/C24H28Cl2N6OS/c1-30-23(33)21(34-19-9-5-8-18(25)20(19)26)22(28)29-24(30)32-12-10-31(11-13-32)15-17(27)14-16-6-3-2-4-7-16/h2-9,17H,10-15,27-28H2,1H3/t17-/m0/s1. The van der Waals surface area contributed by atoms with Gasteiger partial charge in [0, 0.05) is 50.7 Å². The zero-order chi connectivity index (χ0) is 24.2. The van der Waals surface area contributed by atoms with E-state index in [1.807, 2.05) is 18.2 Å². The van der Waals surface area contributed by atoms with Crippen LogP contribution < -0.4 is 21.9 Å². The zero-order valence-electron chi connectivity index (χ0n) is 19.0. The predicted octanol–water partition coefficient (Wildman–Crippen LogP) is 3.51. The van der Waals surface area contributed by atoms with Gasteiger partial charge >= 0.3 is 0 Å². The number of aromatic nitrogens is 2. The largest absolute Gasteiger partial charge is 0.382 e. The molecule has 7 nitrogen and oxygen atoms in total. The first kappa shape index (κ1) is 24.9. The molecular formula is C24H28Cl2N6OS. The third-order valence-corrected chi connectivity index (χ3v) is 7.95. The minimum absolute atomic E-state index is 0.0710. The van der Waals surface area contributed by atoms with Gasteiger partial charge in [-0.3, -0.25) is 14.3 Å². The molecule has 1 aromatic heterocycles. The third kappa shape index (κ3) is 5.70. The summed E-state index contributed by atoms with van der Waals surface area (Å²) in [7, 11) is 1.72. The van der Waals surface area contributed by atoms with Crippen molar-refractivity contribution in [3.8, 4) is 0 Å². The molecule has 0 spiro atoms. The molecule has 1 aliphatic rings. The van der Waals surface area contributed by atoms with Crippen LogP contribution in [0.1, 0.15) is 5.56 Å². The number of rotatable bonds is 7. The second-order valence-electron chi connectivity index (χ2n) is 8.38. The maximum atomic E-state index is 13.1. The first-order chi connectivity index (χ1) is 16.3. The SMILES string of the molecule is Cn1c(N2CCN(C[C@@H](N)Cc3ccccc3)CC2)nc(N)c(Sc2cccc(Cl)c2Cl)c1=O. The summed E-state index contributed by atoms with van der Waals surface area (Å²) >= 11 is 13.6. The second-order valence-corrected chi connectivity index (χ2v) is 10.2. The van der Waals surface area contributed by atoms with E-state index in [0.717, 1.165) is 39.1 Å². The van der Waals surface area contributed by atoms with Gasteiger partial charge in [-0.15, -0.1) is 0 Å². The molecule has 34 heavy (non-hydrogen) atoms. The molecule has 4 N–H and O–H groups in total. The van der Waals surface area contributed by atoms with Gasteiger partial charge in [-0.25, -0.2) is 0 Å². The highest BCUT2D eigenvalue weighted by Crippen LogP contribution is 2.37. The molecule has 0 aliphatic carbocycles. The number of nitrogens with two attached hydrogens (primary N) is 2. The minimum Gasteiger partial charge on any atom is -0.382 e. The van der Waals surface area contributed by atoms with Crippen LogP contribution in [-0.4, -0.2) is 53.2 Å². The molecule has 0 radical (unpaired) electrons. The lowest BCUT2D eigenvalue weighted by molar-refractivity contribution is 0.240. The van der Waals surface area contributed by atoms with Crippen molar-refractivity contribution in [1.29, 1.82) is 0 Å². The van der Waals surface area contributed by atoms with Gasteiger partial charge in [0.15, 0.2) is 0 Å². The van der Waals surface area contributed by atoms with Gasteiger partial charge in [0.25, 0.3) is 5.56 Å². The summed E-state index contributed by atoms with van der Waals surface area (Å²) in [6.45, 7) is 3.99. The van der Waals surface area contributed by atoms with Crippen LogP contribution in [0.2, 0.25) is 10.0 Å². The van der Waals surface area contributed by atoms with Gasteiger partial charge in [0.2, 0.25) is 5.95 Å². The van der Waals surface area contributed by atoms with Gasteiger partial charge in [-0.2, -0.15) is 4.98 Å². The number of benzene rings is 2. The van der Waals surface area contributed by atoms with E-state index < -0.39 is 0 Å².